The number of hydrogen-bond acceptors (Lipinski definition) is 4. The van der Waals surface area contributed by atoms with E-state index >= 15 is 0 Å². The zero-order chi connectivity index (χ0) is 13.2. The second-order valence-electron chi connectivity index (χ2n) is 4.28. The fourth-order valence-corrected chi connectivity index (χ4v) is 1.94. The van der Waals surface area contributed by atoms with E-state index in [0.717, 1.165) is 10.9 Å². The molecule has 2 N–H and O–H groups in total. The highest BCUT2D eigenvalue weighted by atomic mass is 19.1. The molecule has 0 saturated heterocycles. The number of H-pyrrole nitrogens is 1. The second kappa shape index (κ2) is 4.64. The number of fused-ring (bicyclic) bond motifs is 1. The molecule has 1 aromatic carbocycles. The molecule has 0 amide bonds. The second-order valence-corrected chi connectivity index (χ2v) is 4.28. The number of hydrogen-bond donors (Lipinski definition) is 2. The fraction of sp³-hybridized carbons (Fsp3) is 0.154. The quantitative estimate of drug-likeness (QED) is 0.757. The summed E-state index contributed by atoms with van der Waals surface area (Å²) in [6.07, 6.45) is 3.12. The fourth-order valence-electron chi connectivity index (χ4n) is 1.94. The maximum Gasteiger partial charge on any atom is 0.160 e. The summed E-state index contributed by atoms with van der Waals surface area (Å²) in [7, 11) is 0. The summed E-state index contributed by atoms with van der Waals surface area (Å²) >= 11 is 0. The van der Waals surface area contributed by atoms with Crippen molar-refractivity contribution in [3.8, 4) is 0 Å². The number of aromatic amines is 1. The van der Waals surface area contributed by atoms with Crippen LogP contribution in [0.4, 0.5) is 10.2 Å². The van der Waals surface area contributed by atoms with Gasteiger partial charge in [0.25, 0.3) is 0 Å². The molecule has 3 rings (SSSR count). The average Bonchev–Trinajstić information content (AvgIpc) is 2.88. The monoisotopic (exact) mass is 257 g/mol. The molecule has 0 aliphatic carbocycles. The summed E-state index contributed by atoms with van der Waals surface area (Å²) in [5.74, 6) is 0.429. The highest BCUT2D eigenvalue weighted by Crippen LogP contribution is 2.22. The van der Waals surface area contributed by atoms with Crippen molar-refractivity contribution in [2.24, 2.45) is 0 Å². The van der Waals surface area contributed by atoms with E-state index in [4.69, 9.17) is 0 Å². The average molecular weight is 257 g/mol. The lowest BCUT2D eigenvalue weighted by molar-refractivity contribution is 0.623. The van der Waals surface area contributed by atoms with E-state index in [1.807, 2.05) is 13.0 Å². The van der Waals surface area contributed by atoms with Gasteiger partial charge in [-0.05, 0) is 24.6 Å². The number of nitrogens with one attached hydrogen (secondary N) is 2. The molecule has 0 aliphatic rings. The molecule has 96 valence electrons. The van der Waals surface area contributed by atoms with Gasteiger partial charge in [0.15, 0.2) is 5.65 Å². The third kappa shape index (κ3) is 2.24. The molecular formula is C13H12FN5. The van der Waals surface area contributed by atoms with E-state index in [0.29, 0.717) is 11.5 Å². The van der Waals surface area contributed by atoms with Crippen molar-refractivity contribution in [2.75, 3.05) is 5.32 Å². The molecule has 1 atom stereocenters. The van der Waals surface area contributed by atoms with E-state index < -0.39 is 0 Å². The molecule has 2 heterocycles. The van der Waals surface area contributed by atoms with E-state index in [2.05, 4.69) is 25.5 Å². The smallest absolute Gasteiger partial charge is 0.160 e. The number of nitrogens with zero attached hydrogens (tertiary/aromatic N) is 3. The Hall–Kier alpha value is -2.50. The zero-order valence-electron chi connectivity index (χ0n) is 10.3. The van der Waals surface area contributed by atoms with Gasteiger partial charge in [-0.2, -0.15) is 5.10 Å². The van der Waals surface area contributed by atoms with Crippen molar-refractivity contribution in [1.29, 1.82) is 0 Å². The Balaban J connectivity index is 1.90. The first-order chi connectivity index (χ1) is 9.24. The molecule has 0 aliphatic heterocycles. The summed E-state index contributed by atoms with van der Waals surface area (Å²) in [6, 6.07) is 6.43. The van der Waals surface area contributed by atoms with Crippen molar-refractivity contribution >= 4 is 16.9 Å². The van der Waals surface area contributed by atoms with Gasteiger partial charge in [-0.3, -0.25) is 5.10 Å². The lowest BCUT2D eigenvalue weighted by atomic mass is 10.1. The van der Waals surface area contributed by atoms with Gasteiger partial charge < -0.3 is 5.32 Å². The molecule has 0 fully saturated rings. The van der Waals surface area contributed by atoms with Gasteiger partial charge >= 0.3 is 0 Å². The van der Waals surface area contributed by atoms with Gasteiger partial charge in [0.05, 0.1) is 17.6 Å². The number of halogens is 1. The summed E-state index contributed by atoms with van der Waals surface area (Å²) in [5, 5.41) is 10.8. The van der Waals surface area contributed by atoms with Crippen molar-refractivity contribution in [3.05, 3.63) is 48.2 Å². The van der Waals surface area contributed by atoms with E-state index in [-0.39, 0.29) is 11.9 Å². The molecule has 5 nitrogen and oxygen atoms in total. The molecule has 0 spiro atoms. The van der Waals surface area contributed by atoms with Crippen LogP contribution in [0.25, 0.3) is 11.0 Å². The molecule has 3 aromatic rings. The van der Waals surface area contributed by atoms with Crippen LogP contribution in [0.3, 0.4) is 0 Å². The van der Waals surface area contributed by atoms with Crippen LogP contribution in [-0.2, 0) is 0 Å². The van der Waals surface area contributed by atoms with Gasteiger partial charge in [-0.1, -0.05) is 12.1 Å². The van der Waals surface area contributed by atoms with Crippen LogP contribution in [0, 0.1) is 5.82 Å². The topological polar surface area (TPSA) is 66.5 Å². The number of aromatic nitrogens is 4. The summed E-state index contributed by atoms with van der Waals surface area (Å²) in [6.45, 7) is 1.95. The number of rotatable bonds is 3. The third-order valence-corrected chi connectivity index (χ3v) is 2.95. The SMILES string of the molecule is C[C@H](Nc1ncnc2[nH]ncc12)c1cccc(F)c1. The van der Waals surface area contributed by atoms with Crippen LogP contribution >= 0.6 is 0 Å². The maximum atomic E-state index is 13.2. The molecule has 19 heavy (non-hydrogen) atoms. The van der Waals surface area contributed by atoms with Crippen molar-refractivity contribution in [1.82, 2.24) is 20.2 Å². The molecule has 6 heteroatoms. The van der Waals surface area contributed by atoms with E-state index in [9.17, 15) is 4.39 Å². The van der Waals surface area contributed by atoms with Crippen molar-refractivity contribution in [2.45, 2.75) is 13.0 Å². The largest absolute Gasteiger partial charge is 0.363 e. The van der Waals surface area contributed by atoms with E-state index in [1.54, 1.807) is 12.3 Å². The zero-order valence-corrected chi connectivity index (χ0v) is 10.3. The van der Waals surface area contributed by atoms with Crippen molar-refractivity contribution < 1.29 is 4.39 Å². The van der Waals surface area contributed by atoms with Crippen LogP contribution in [0.15, 0.2) is 36.8 Å². The lowest BCUT2D eigenvalue weighted by Crippen LogP contribution is -2.08. The highest BCUT2D eigenvalue weighted by Gasteiger charge is 2.10. The Bertz CT molecular complexity index is 709. The first kappa shape index (κ1) is 11.6. The summed E-state index contributed by atoms with van der Waals surface area (Å²) in [4.78, 5) is 8.26. The molecule has 0 unspecified atom stereocenters. The van der Waals surface area contributed by atoms with Gasteiger partial charge in [0.2, 0.25) is 0 Å². The van der Waals surface area contributed by atoms with Gasteiger partial charge in [-0.15, -0.1) is 0 Å². The standard InChI is InChI=1S/C13H12FN5/c1-8(9-3-2-4-10(14)5-9)18-12-11-6-17-19-13(11)16-7-15-12/h2-8H,1H3,(H2,15,16,17,18,19)/t8-/m0/s1. The minimum Gasteiger partial charge on any atom is -0.363 e. The third-order valence-electron chi connectivity index (χ3n) is 2.95. The van der Waals surface area contributed by atoms with Crippen LogP contribution in [0.5, 0.6) is 0 Å². The summed E-state index contributed by atoms with van der Waals surface area (Å²) < 4.78 is 13.2. The normalized spacial score (nSPS) is 12.5. The Morgan fingerprint density at radius 1 is 1.32 bits per heavy atom. The van der Waals surface area contributed by atoms with Crippen molar-refractivity contribution in [3.63, 3.8) is 0 Å². The first-order valence-electron chi connectivity index (χ1n) is 5.90. The van der Waals surface area contributed by atoms with E-state index in [1.165, 1.54) is 18.5 Å². The molecular weight excluding hydrogens is 245 g/mol. The van der Waals surface area contributed by atoms with Crippen LogP contribution in [-0.4, -0.2) is 20.2 Å². The molecule has 0 radical (unpaired) electrons. The van der Waals surface area contributed by atoms with Gasteiger partial charge in [0, 0.05) is 0 Å². The van der Waals surface area contributed by atoms with Crippen LogP contribution in [0.2, 0.25) is 0 Å². The van der Waals surface area contributed by atoms with Crippen LogP contribution in [0.1, 0.15) is 18.5 Å². The lowest BCUT2D eigenvalue weighted by Gasteiger charge is -2.15. The molecule has 0 saturated carbocycles. The maximum absolute atomic E-state index is 13.2. The van der Waals surface area contributed by atoms with Gasteiger partial charge in [-0.25, -0.2) is 14.4 Å². The minimum atomic E-state index is -0.248. The van der Waals surface area contributed by atoms with Crippen LogP contribution < -0.4 is 5.32 Å². The molecule has 2 aromatic heterocycles. The highest BCUT2D eigenvalue weighted by molar-refractivity contribution is 5.85. The Morgan fingerprint density at radius 2 is 2.21 bits per heavy atom. The Kier molecular flexibility index (Phi) is 2.83. The minimum absolute atomic E-state index is 0.0660. The Morgan fingerprint density at radius 3 is 3.05 bits per heavy atom. The molecule has 0 bridgehead atoms. The van der Waals surface area contributed by atoms with Gasteiger partial charge in [0.1, 0.15) is 18.0 Å². The predicted octanol–water partition coefficient (Wildman–Crippen LogP) is 2.67. The first-order valence-corrected chi connectivity index (χ1v) is 5.90. The number of anilines is 1. The summed E-state index contributed by atoms with van der Waals surface area (Å²) in [5.41, 5.74) is 1.53. The Labute approximate surface area is 108 Å². The predicted molar refractivity (Wildman–Crippen MR) is 70.1 cm³/mol. The number of benzene rings is 1.